The van der Waals surface area contributed by atoms with Gasteiger partial charge < -0.3 is 15.2 Å². The molecule has 2 N–H and O–H groups in total. The number of esters is 1. The predicted octanol–water partition coefficient (Wildman–Crippen LogP) is 3.67. The Morgan fingerprint density at radius 2 is 1.45 bits per heavy atom. The molecule has 0 aromatic heterocycles. The van der Waals surface area contributed by atoms with E-state index < -0.39 is 11.2 Å². The van der Waals surface area contributed by atoms with Crippen LogP contribution in [0.15, 0.2) is 0 Å². The lowest BCUT2D eigenvalue weighted by Gasteiger charge is -2.28. The molecule has 0 fully saturated rings. The predicted molar refractivity (Wildman–Crippen MR) is 84.7 cm³/mol. The van der Waals surface area contributed by atoms with Gasteiger partial charge in [0.25, 0.3) is 0 Å². The summed E-state index contributed by atoms with van der Waals surface area (Å²) in [6.07, 6.45) is 1.00. The highest BCUT2D eigenvalue weighted by Crippen LogP contribution is 2.19. The van der Waals surface area contributed by atoms with E-state index in [1.54, 1.807) is 0 Å². The van der Waals surface area contributed by atoms with Gasteiger partial charge in [-0.3, -0.25) is 4.79 Å². The average molecular weight is 289 g/mol. The molecule has 0 aromatic carbocycles. The number of hydrogen-bond acceptors (Lipinski definition) is 4. The van der Waals surface area contributed by atoms with Crippen LogP contribution in [0.2, 0.25) is 0 Å². The second kappa shape index (κ2) is 8.63. The molecule has 0 bridgehead atoms. The highest BCUT2D eigenvalue weighted by Gasteiger charge is 2.27. The maximum atomic E-state index is 11.7. The van der Waals surface area contributed by atoms with Gasteiger partial charge in [-0.2, -0.15) is 0 Å². The topological polar surface area (TPSA) is 61.5 Å². The van der Waals surface area contributed by atoms with E-state index in [-0.39, 0.29) is 17.9 Å². The van der Waals surface area contributed by atoms with Gasteiger partial charge in [0.15, 0.2) is 0 Å². The molecular formula is C16H35NO3. The Kier molecular flexibility index (Phi) is 9.35. The molecular weight excluding hydrogens is 254 g/mol. The zero-order valence-electron chi connectivity index (χ0n) is 14.9. The molecule has 20 heavy (non-hydrogen) atoms. The first kappa shape index (κ1) is 21.7. The van der Waals surface area contributed by atoms with Crippen molar-refractivity contribution in [1.82, 2.24) is 0 Å². The van der Waals surface area contributed by atoms with Crippen LogP contribution in [0, 0.1) is 0 Å². The molecule has 122 valence electrons. The van der Waals surface area contributed by atoms with Crippen molar-refractivity contribution in [3.8, 4) is 0 Å². The van der Waals surface area contributed by atoms with Crippen LogP contribution in [0.5, 0.6) is 0 Å². The summed E-state index contributed by atoms with van der Waals surface area (Å²) in [5.74, 6) is -0.237. The molecule has 0 radical (unpaired) electrons. The summed E-state index contributed by atoms with van der Waals surface area (Å²) < 4.78 is 11.0. The van der Waals surface area contributed by atoms with Crippen molar-refractivity contribution >= 4 is 5.97 Å². The third kappa shape index (κ3) is 15.4. The number of rotatable bonds is 6. The molecule has 0 rings (SSSR count). The lowest BCUT2D eigenvalue weighted by molar-refractivity contribution is -0.161. The van der Waals surface area contributed by atoms with Crippen molar-refractivity contribution < 1.29 is 14.3 Å². The standard InChI is InChI=1S/C14H29NO3.C2H6/c1-12(2,3)18-11(16)10-14(6,7)17-9-8-13(4,5)15;1-2/h8-10,15H2,1-7H3;1-2H3. The maximum absolute atomic E-state index is 11.7. The number of carbonyl (C=O) groups is 1. The van der Waals surface area contributed by atoms with Gasteiger partial charge in [0.05, 0.1) is 12.0 Å². The van der Waals surface area contributed by atoms with Gasteiger partial charge in [-0.05, 0) is 54.9 Å². The molecule has 0 aliphatic rings. The molecule has 0 aliphatic carbocycles. The Bertz CT molecular complexity index is 272. The highest BCUT2D eigenvalue weighted by molar-refractivity contribution is 5.71. The molecule has 0 aliphatic heterocycles. The summed E-state index contributed by atoms with van der Waals surface area (Å²) in [6, 6.07) is 0. The Balaban J connectivity index is 0. The number of nitrogens with two attached hydrogens (primary N) is 1. The van der Waals surface area contributed by atoms with Crippen LogP contribution in [-0.2, 0) is 14.3 Å². The second-order valence-corrected chi connectivity index (χ2v) is 7.11. The lowest BCUT2D eigenvalue weighted by Crippen LogP contribution is -2.37. The van der Waals surface area contributed by atoms with Crippen LogP contribution in [0.25, 0.3) is 0 Å². The van der Waals surface area contributed by atoms with E-state index >= 15 is 0 Å². The quantitative estimate of drug-likeness (QED) is 0.758. The lowest BCUT2D eigenvalue weighted by atomic mass is 10.0. The Labute approximate surface area is 125 Å². The van der Waals surface area contributed by atoms with Crippen molar-refractivity contribution in [3.05, 3.63) is 0 Å². The SMILES string of the molecule is CC.CC(C)(N)CCOC(C)(C)CC(=O)OC(C)(C)C. The van der Waals surface area contributed by atoms with Crippen LogP contribution in [0.4, 0.5) is 0 Å². The first-order valence-electron chi connectivity index (χ1n) is 7.45. The van der Waals surface area contributed by atoms with Gasteiger partial charge in [-0.1, -0.05) is 13.8 Å². The monoisotopic (exact) mass is 289 g/mol. The largest absolute Gasteiger partial charge is 0.460 e. The van der Waals surface area contributed by atoms with Crippen LogP contribution in [0.1, 0.15) is 75.2 Å². The van der Waals surface area contributed by atoms with Crippen LogP contribution >= 0.6 is 0 Å². The summed E-state index contributed by atoms with van der Waals surface area (Å²) in [4.78, 5) is 11.7. The van der Waals surface area contributed by atoms with Gasteiger partial charge in [0, 0.05) is 12.1 Å². The Hall–Kier alpha value is -0.610. The van der Waals surface area contributed by atoms with Gasteiger partial charge in [-0.15, -0.1) is 0 Å². The van der Waals surface area contributed by atoms with E-state index in [1.165, 1.54) is 0 Å². The minimum absolute atomic E-state index is 0.237. The zero-order valence-corrected chi connectivity index (χ0v) is 14.9. The first-order chi connectivity index (χ1) is 8.81. The average Bonchev–Trinajstić information content (AvgIpc) is 2.13. The van der Waals surface area contributed by atoms with Crippen molar-refractivity contribution in [2.24, 2.45) is 5.73 Å². The van der Waals surface area contributed by atoms with Crippen molar-refractivity contribution in [3.63, 3.8) is 0 Å². The minimum atomic E-state index is -0.520. The van der Waals surface area contributed by atoms with Crippen LogP contribution in [0.3, 0.4) is 0 Å². The van der Waals surface area contributed by atoms with Crippen LogP contribution < -0.4 is 5.73 Å². The third-order valence-corrected chi connectivity index (χ3v) is 2.23. The fourth-order valence-corrected chi connectivity index (χ4v) is 1.37. The molecule has 0 aromatic rings. The molecule has 0 unspecified atom stereocenters. The molecule has 4 nitrogen and oxygen atoms in total. The van der Waals surface area contributed by atoms with Crippen molar-refractivity contribution in [1.29, 1.82) is 0 Å². The molecule has 0 amide bonds. The molecule has 4 heteroatoms. The number of ether oxygens (including phenoxy) is 2. The van der Waals surface area contributed by atoms with E-state index in [2.05, 4.69) is 0 Å². The van der Waals surface area contributed by atoms with Gasteiger partial charge >= 0.3 is 5.97 Å². The summed E-state index contributed by atoms with van der Waals surface area (Å²) in [6.45, 7) is 17.8. The smallest absolute Gasteiger partial charge is 0.309 e. The number of hydrogen-bond donors (Lipinski definition) is 1. The molecule has 0 atom stereocenters. The molecule has 0 saturated heterocycles. The van der Waals surface area contributed by atoms with Gasteiger partial charge in [0.2, 0.25) is 0 Å². The fourth-order valence-electron chi connectivity index (χ4n) is 1.37. The highest BCUT2D eigenvalue weighted by atomic mass is 16.6. The third-order valence-electron chi connectivity index (χ3n) is 2.23. The minimum Gasteiger partial charge on any atom is -0.460 e. The van der Waals surface area contributed by atoms with Crippen molar-refractivity contribution in [2.45, 2.75) is 91.9 Å². The van der Waals surface area contributed by atoms with E-state index in [4.69, 9.17) is 15.2 Å². The summed E-state index contributed by atoms with van der Waals surface area (Å²) in [5.41, 5.74) is 4.66. The van der Waals surface area contributed by atoms with Crippen LogP contribution in [-0.4, -0.2) is 29.3 Å². The summed E-state index contributed by atoms with van der Waals surface area (Å²) >= 11 is 0. The zero-order chi connectivity index (χ0) is 16.6. The molecule has 0 heterocycles. The Morgan fingerprint density at radius 1 is 1.00 bits per heavy atom. The normalized spacial score (nSPS) is 12.5. The molecule has 0 spiro atoms. The van der Waals surface area contributed by atoms with E-state index in [0.717, 1.165) is 6.42 Å². The first-order valence-corrected chi connectivity index (χ1v) is 7.45. The van der Waals surface area contributed by atoms with E-state index in [1.807, 2.05) is 62.3 Å². The summed E-state index contributed by atoms with van der Waals surface area (Å²) in [5, 5.41) is 0. The fraction of sp³-hybridized carbons (Fsp3) is 0.938. The number of carbonyl (C=O) groups excluding carboxylic acids is 1. The van der Waals surface area contributed by atoms with E-state index in [9.17, 15) is 4.79 Å². The van der Waals surface area contributed by atoms with Gasteiger partial charge in [-0.25, -0.2) is 0 Å². The van der Waals surface area contributed by atoms with E-state index in [0.29, 0.717) is 6.61 Å². The Morgan fingerprint density at radius 3 is 1.80 bits per heavy atom. The molecule has 0 saturated carbocycles. The van der Waals surface area contributed by atoms with Crippen molar-refractivity contribution in [2.75, 3.05) is 6.61 Å². The second-order valence-electron chi connectivity index (χ2n) is 7.11. The van der Waals surface area contributed by atoms with Gasteiger partial charge in [0.1, 0.15) is 5.60 Å². The maximum Gasteiger partial charge on any atom is 0.309 e. The summed E-state index contributed by atoms with van der Waals surface area (Å²) in [7, 11) is 0.